The van der Waals surface area contributed by atoms with Crippen molar-refractivity contribution in [2.24, 2.45) is 11.8 Å². The number of carbonyl (C=O) groups excluding carboxylic acids is 1. The predicted molar refractivity (Wildman–Crippen MR) is 75.0 cm³/mol. The lowest BCUT2D eigenvalue weighted by Gasteiger charge is -2.19. The second kappa shape index (κ2) is 5.77. The number of anilines is 1. The highest BCUT2D eigenvalue weighted by Crippen LogP contribution is 2.26. The molecule has 4 N–H and O–H groups in total. The topological polar surface area (TPSA) is 78.6 Å². The maximum absolute atomic E-state index is 12.4. The van der Waals surface area contributed by atoms with Crippen molar-refractivity contribution in [1.82, 2.24) is 4.90 Å². The van der Waals surface area contributed by atoms with E-state index in [0.717, 1.165) is 6.42 Å². The zero-order chi connectivity index (χ0) is 14.0. The minimum absolute atomic E-state index is 0.112. The number of benzene rings is 1. The summed E-state index contributed by atoms with van der Waals surface area (Å²) in [5, 5.41) is 10.1. The van der Waals surface area contributed by atoms with Crippen molar-refractivity contribution in [3.8, 4) is 0 Å². The van der Waals surface area contributed by atoms with Crippen LogP contribution >= 0.6 is 11.6 Å². The van der Waals surface area contributed by atoms with Crippen molar-refractivity contribution >= 4 is 23.2 Å². The van der Waals surface area contributed by atoms with Crippen LogP contribution in [0.3, 0.4) is 0 Å². The Bertz CT molecular complexity index is 479. The number of hydrogen-bond acceptors (Lipinski definition) is 4. The van der Waals surface area contributed by atoms with Gasteiger partial charge in [0.1, 0.15) is 0 Å². The molecule has 0 radical (unpaired) electrons. The van der Waals surface area contributed by atoms with Gasteiger partial charge in [0.2, 0.25) is 0 Å². The maximum Gasteiger partial charge on any atom is 0.256 e. The van der Waals surface area contributed by atoms with E-state index in [1.807, 2.05) is 0 Å². The van der Waals surface area contributed by atoms with Crippen LogP contribution in [-0.4, -0.2) is 35.1 Å². The number of aliphatic hydroxyl groups excluding tert-OH is 1. The molecule has 2 rings (SSSR count). The van der Waals surface area contributed by atoms with Gasteiger partial charge in [-0.05, 0) is 31.5 Å². The Morgan fingerprint density at radius 3 is 2.95 bits per heavy atom. The molecule has 0 spiro atoms. The first-order valence-electron chi connectivity index (χ1n) is 6.26. The average molecular weight is 284 g/mol. The lowest BCUT2D eigenvalue weighted by atomic mass is 10.0. The Morgan fingerprint density at radius 2 is 2.37 bits per heavy atom. The fraction of sp³-hybridized carbons (Fsp3) is 0.462. The van der Waals surface area contributed by atoms with Crippen molar-refractivity contribution < 1.29 is 9.90 Å². The van der Waals surface area contributed by atoms with E-state index in [0.29, 0.717) is 29.4 Å². The molecule has 6 heteroatoms. The van der Waals surface area contributed by atoms with E-state index in [4.69, 9.17) is 17.4 Å². The summed E-state index contributed by atoms with van der Waals surface area (Å²) in [6.07, 6.45) is 0.416. The number of nitrogen functional groups attached to an aromatic ring is 1. The molecule has 0 aromatic heterocycles. The van der Waals surface area contributed by atoms with Crippen LogP contribution in [0, 0.1) is 5.92 Å². The van der Waals surface area contributed by atoms with Crippen LogP contribution in [0.15, 0.2) is 18.2 Å². The fourth-order valence-corrected chi connectivity index (χ4v) is 2.53. The highest BCUT2D eigenvalue weighted by atomic mass is 35.5. The first kappa shape index (κ1) is 14.1. The number of rotatable bonds is 3. The maximum atomic E-state index is 12.4. The van der Waals surface area contributed by atoms with Gasteiger partial charge in [0.05, 0.1) is 17.4 Å². The number of halogens is 1. The molecule has 1 aliphatic rings. The van der Waals surface area contributed by atoms with Gasteiger partial charge in [-0.1, -0.05) is 11.6 Å². The molecule has 0 saturated carbocycles. The summed E-state index contributed by atoms with van der Waals surface area (Å²) in [4.78, 5) is 14.2. The highest BCUT2D eigenvalue weighted by molar-refractivity contribution is 6.31. The summed E-state index contributed by atoms with van der Waals surface area (Å²) < 4.78 is 0. The number of amides is 1. The molecule has 104 valence electrons. The van der Waals surface area contributed by atoms with Gasteiger partial charge in [0, 0.05) is 24.0 Å². The lowest BCUT2D eigenvalue weighted by molar-refractivity contribution is 0.0763. The number of nitrogens with one attached hydrogen (secondary N) is 1. The van der Waals surface area contributed by atoms with Crippen LogP contribution in [0.5, 0.6) is 0 Å². The molecular weight excluding hydrogens is 266 g/mol. The summed E-state index contributed by atoms with van der Waals surface area (Å²) in [7, 11) is 0. The minimum Gasteiger partial charge on any atom is -0.393 e. The van der Waals surface area contributed by atoms with Gasteiger partial charge in [0.15, 0.2) is 0 Å². The van der Waals surface area contributed by atoms with E-state index in [1.54, 1.807) is 30.0 Å². The van der Waals surface area contributed by atoms with Gasteiger partial charge in [0.25, 0.3) is 5.91 Å². The Hall–Kier alpha value is -1.30. The highest BCUT2D eigenvalue weighted by Gasteiger charge is 2.30. The van der Waals surface area contributed by atoms with Crippen LogP contribution in [0.1, 0.15) is 23.7 Å². The molecule has 1 aliphatic heterocycles. The number of nitrogens with two attached hydrogens (primary N) is 1. The first-order chi connectivity index (χ1) is 9.02. The Morgan fingerprint density at radius 1 is 1.63 bits per heavy atom. The number of hydrazine groups is 1. The zero-order valence-electron chi connectivity index (χ0n) is 10.8. The van der Waals surface area contributed by atoms with Crippen LogP contribution in [0.2, 0.25) is 5.02 Å². The molecule has 0 bridgehead atoms. The molecule has 1 saturated heterocycles. The monoisotopic (exact) mass is 283 g/mol. The lowest BCUT2D eigenvalue weighted by Crippen LogP contribution is -2.31. The number of aliphatic hydroxyl groups is 1. The minimum atomic E-state index is -0.399. The van der Waals surface area contributed by atoms with Crippen LogP contribution in [0.4, 0.5) is 5.69 Å². The Balaban J connectivity index is 2.19. The standard InChI is InChI=1S/C13H18ClN3O2/c1-8(18)9-4-5-17(7-9)13(19)11-6-10(14)2-3-12(11)16-15/h2-3,6,8-9,16,18H,4-5,7,15H2,1H3. The zero-order valence-corrected chi connectivity index (χ0v) is 11.5. The molecule has 2 unspecified atom stereocenters. The quantitative estimate of drug-likeness (QED) is 0.580. The number of carbonyl (C=O) groups is 1. The number of hydrogen-bond donors (Lipinski definition) is 3. The average Bonchev–Trinajstić information content (AvgIpc) is 2.87. The van der Waals surface area contributed by atoms with E-state index in [2.05, 4.69) is 5.43 Å². The van der Waals surface area contributed by atoms with Crippen LogP contribution in [-0.2, 0) is 0 Å². The van der Waals surface area contributed by atoms with Crippen LogP contribution in [0.25, 0.3) is 0 Å². The van der Waals surface area contributed by atoms with E-state index in [-0.39, 0.29) is 11.8 Å². The van der Waals surface area contributed by atoms with E-state index in [9.17, 15) is 9.90 Å². The van der Waals surface area contributed by atoms with E-state index >= 15 is 0 Å². The number of likely N-dealkylation sites (tertiary alicyclic amines) is 1. The molecule has 5 nitrogen and oxygen atoms in total. The molecule has 0 aliphatic carbocycles. The van der Waals surface area contributed by atoms with Gasteiger partial charge in [-0.15, -0.1) is 0 Å². The first-order valence-corrected chi connectivity index (χ1v) is 6.64. The third kappa shape index (κ3) is 3.00. The second-order valence-electron chi connectivity index (χ2n) is 4.87. The van der Waals surface area contributed by atoms with Crippen molar-refractivity contribution in [3.05, 3.63) is 28.8 Å². The summed E-state index contributed by atoms with van der Waals surface area (Å²) in [5.74, 6) is 5.43. The van der Waals surface area contributed by atoms with E-state index < -0.39 is 6.10 Å². The molecule has 1 aromatic rings. The van der Waals surface area contributed by atoms with Crippen molar-refractivity contribution in [2.75, 3.05) is 18.5 Å². The molecule has 1 amide bonds. The summed E-state index contributed by atoms with van der Waals surface area (Å²) >= 11 is 5.92. The molecule has 1 aromatic carbocycles. The third-order valence-corrected chi connectivity index (χ3v) is 3.80. The Labute approximate surface area is 117 Å². The fourth-order valence-electron chi connectivity index (χ4n) is 2.36. The summed E-state index contributed by atoms with van der Waals surface area (Å²) in [6.45, 7) is 2.96. The Kier molecular flexibility index (Phi) is 4.29. The SMILES string of the molecule is CC(O)C1CCN(C(=O)c2cc(Cl)ccc2NN)C1. The normalized spacial score (nSPS) is 20.4. The largest absolute Gasteiger partial charge is 0.393 e. The predicted octanol–water partition coefficient (Wildman–Crippen LogP) is 1.47. The second-order valence-corrected chi connectivity index (χ2v) is 5.31. The smallest absolute Gasteiger partial charge is 0.256 e. The molecule has 2 atom stereocenters. The van der Waals surface area contributed by atoms with Crippen molar-refractivity contribution in [1.29, 1.82) is 0 Å². The van der Waals surface area contributed by atoms with Gasteiger partial charge in [-0.2, -0.15) is 0 Å². The van der Waals surface area contributed by atoms with Crippen molar-refractivity contribution in [2.45, 2.75) is 19.4 Å². The molecule has 1 fully saturated rings. The van der Waals surface area contributed by atoms with Gasteiger partial charge in [-0.3, -0.25) is 10.6 Å². The third-order valence-electron chi connectivity index (χ3n) is 3.56. The molecule has 1 heterocycles. The molecular formula is C13H18ClN3O2. The van der Waals surface area contributed by atoms with Gasteiger partial charge >= 0.3 is 0 Å². The van der Waals surface area contributed by atoms with Gasteiger partial charge < -0.3 is 15.4 Å². The molecule has 19 heavy (non-hydrogen) atoms. The summed E-state index contributed by atoms with van der Waals surface area (Å²) in [6, 6.07) is 4.96. The van der Waals surface area contributed by atoms with Crippen LogP contribution < -0.4 is 11.3 Å². The van der Waals surface area contributed by atoms with Crippen molar-refractivity contribution in [3.63, 3.8) is 0 Å². The van der Waals surface area contributed by atoms with Gasteiger partial charge in [-0.25, -0.2) is 0 Å². The van der Waals surface area contributed by atoms with E-state index in [1.165, 1.54) is 0 Å². The number of nitrogens with zero attached hydrogens (tertiary/aromatic N) is 1. The summed E-state index contributed by atoms with van der Waals surface area (Å²) in [5.41, 5.74) is 3.52.